The van der Waals surface area contributed by atoms with Gasteiger partial charge >= 0.3 is 5.97 Å². The van der Waals surface area contributed by atoms with Crippen LogP contribution in [0.4, 0.5) is 8.78 Å². The van der Waals surface area contributed by atoms with Crippen molar-refractivity contribution >= 4 is 51.2 Å². The third-order valence-electron chi connectivity index (χ3n) is 1.46. The predicted octanol–water partition coefficient (Wildman–Crippen LogP) is 2.93. The van der Waals surface area contributed by atoms with E-state index in [0.29, 0.717) is 0 Å². The first kappa shape index (κ1) is 12.0. The molecular weight excluding hydrogens is 422 g/mol. The summed E-state index contributed by atoms with van der Waals surface area (Å²) in [6, 6.07) is 0. The molecule has 14 heavy (non-hydrogen) atoms. The number of rotatable bonds is 2. The maximum Gasteiger partial charge on any atom is 0.338 e. The van der Waals surface area contributed by atoms with Crippen LogP contribution < -0.4 is 0 Å². The van der Waals surface area contributed by atoms with Crippen LogP contribution >= 0.6 is 45.2 Å². The number of pyridine rings is 1. The van der Waals surface area contributed by atoms with Gasteiger partial charge in [0.05, 0.1) is 0 Å². The van der Waals surface area contributed by atoms with Gasteiger partial charge in [0.1, 0.15) is 9.26 Å². The van der Waals surface area contributed by atoms with Crippen LogP contribution in [0.5, 0.6) is 0 Å². The van der Waals surface area contributed by atoms with Crippen LogP contribution in [0.2, 0.25) is 0 Å². The first-order valence-corrected chi connectivity index (χ1v) is 5.46. The topological polar surface area (TPSA) is 50.2 Å². The van der Waals surface area contributed by atoms with Crippen LogP contribution in [-0.4, -0.2) is 16.1 Å². The molecule has 3 nitrogen and oxygen atoms in total. The number of hydrogen-bond donors (Lipinski definition) is 1. The highest BCUT2D eigenvalue weighted by Gasteiger charge is 2.24. The molecule has 0 aliphatic carbocycles. The number of carboxylic acid groups (broad SMARTS) is 1. The summed E-state index contributed by atoms with van der Waals surface area (Å²) in [5.74, 6) is -1.38. The lowest BCUT2D eigenvalue weighted by atomic mass is 10.1. The first-order valence-electron chi connectivity index (χ1n) is 3.30. The van der Waals surface area contributed by atoms with Gasteiger partial charge in [-0.25, -0.2) is 18.6 Å². The molecule has 0 amide bonds. The molecule has 1 N–H and O–H groups in total. The van der Waals surface area contributed by atoms with Crippen LogP contribution in [0.1, 0.15) is 22.3 Å². The zero-order valence-corrected chi connectivity index (χ0v) is 10.8. The second-order valence-electron chi connectivity index (χ2n) is 2.29. The van der Waals surface area contributed by atoms with Gasteiger partial charge in [-0.2, -0.15) is 0 Å². The number of aromatic nitrogens is 1. The Morgan fingerprint density at radius 1 is 1.50 bits per heavy atom. The highest BCUT2D eigenvalue weighted by molar-refractivity contribution is 14.1. The Bertz CT molecular complexity index is 384. The molecular formula is C7H3F2I2NO2. The number of hydrogen-bond acceptors (Lipinski definition) is 2. The molecule has 1 aromatic heterocycles. The van der Waals surface area contributed by atoms with Gasteiger partial charge in [0.15, 0.2) is 0 Å². The number of halogens is 4. The van der Waals surface area contributed by atoms with Gasteiger partial charge in [-0.15, -0.1) is 0 Å². The number of nitrogens with zero attached hydrogens (tertiary/aromatic N) is 1. The van der Waals surface area contributed by atoms with Crippen molar-refractivity contribution in [3.05, 3.63) is 24.6 Å². The molecule has 0 atom stereocenters. The van der Waals surface area contributed by atoms with Crippen LogP contribution in [0.3, 0.4) is 0 Å². The maximum atomic E-state index is 12.5. The molecule has 0 aliphatic heterocycles. The van der Waals surface area contributed by atoms with Crippen molar-refractivity contribution < 1.29 is 18.7 Å². The fourth-order valence-electron chi connectivity index (χ4n) is 0.895. The molecule has 0 spiro atoms. The zero-order chi connectivity index (χ0) is 10.9. The molecule has 1 aromatic rings. The van der Waals surface area contributed by atoms with E-state index in [1.807, 2.05) is 0 Å². The molecule has 0 fully saturated rings. The summed E-state index contributed by atoms with van der Waals surface area (Å²) in [5, 5.41) is 8.74. The molecule has 0 saturated carbocycles. The van der Waals surface area contributed by atoms with Crippen LogP contribution in [-0.2, 0) is 0 Å². The molecule has 1 rings (SSSR count). The van der Waals surface area contributed by atoms with Gasteiger partial charge in [0, 0.05) is 15.3 Å². The maximum absolute atomic E-state index is 12.5. The van der Waals surface area contributed by atoms with Gasteiger partial charge in [0.2, 0.25) is 0 Å². The van der Waals surface area contributed by atoms with E-state index in [9.17, 15) is 13.6 Å². The van der Waals surface area contributed by atoms with E-state index in [4.69, 9.17) is 5.11 Å². The molecule has 0 bridgehead atoms. The highest BCUT2D eigenvalue weighted by atomic mass is 127. The fourth-order valence-corrected chi connectivity index (χ4v) is 2.20. The molecule has 0 radical (unpaired) electrons. The molecule has 0 saturated heterocycles. The highest BCUT2D eigenvalue weighted by Crippen LogP contribution is 2.29. The van der Waals surface area contributed by atoms with Gasteiger partial charge in [-0.05, 0) is 45.2 Å². The largest absolute Gasteiger partial charge is 0.478 e. The average Bonchev–Trinajstić information content (AvgIpc) is 2.07. The SMILES string of the molecule is O=C(O)c1c(I)ncc(I)c1C(F)F. The van der Waals surface area contributed by atoms with Gasteiger partial charge in [-0.1, -0.05) is 0 Å². The van der Waals surface area contributed by atoms with Crippen molar-refractivity contribution in [3.8, 4) is 0 Å². The Labute approximate surface area is 105 Å². The minimum Gasteiger partial charge on any atom is -0.478 e. The van der Waals surface area contributed by atoms with E-state index >= 15 is 0 Å². The van der Waals surface area contributed by atoms with Crippen molar-refractivity contribution in [1.29, 1.82) is 0 Å². The minimum absolute atomic E-state index is 0.0748. The van der Waals surface area contributed by atoms with Crippen LogP contribution in [0, 0.1) is 7.27 Å². The second-order valence-corrected chi connectivity index (χ2v) is 4.48. The van der Waals surface area contributed by atoms with Crippen molar-refractivity contribution in [2.24, 2.45) is 0 Å². The summed E-state index contributed by atoms with van der Waals surface area (Å²) >= 11 is 3.26. The summed E-state index contributed by atoms with van der Waals surface area (Å²) < 4.78 is 25.3. The average molecular weight is 425 g/mol. The smallest absolute Gasteiger partial charge is 0.338 e. The fraction of sp³-hybridized carbons (Fsp3) is 0.143. The lowest BCUT2D eigenvalue weighted by molar-refractivity contribution is 0.0682. The Morgan fingerprint density at radius 3 is 2.43 bits per heavy atom. The number of aromatic carboxylic acids is 1. The quantitative estimate of drug-likeness (QED) is 0.586. The van der Waals surface area contributed by atoms with E-state index in [-0.39, 0.29) is 7.27 Å². The number of carboxylic acids is 1. The Balaban J connectivity index is 3.50. The number of alkyl halides is 2. The Morgan fingerprint density at radius 2 is 2.07 bits per heavy atom. The molecule has 0 aromatic carbocycles. The van der Waals surface area contributed by atoms with E-state index in [0.717, 1.165) is 0 Å². The number of carbonyl (C=O) groups is 1. The van der Waals surface area contributed by atoms with E-state index in [1.54, 1.807) is 45.2 Å². The zero-order valence-electron chi connectivity index (χ0n) is 6.47. The van der Waals surface area contributed by atoms with Crippen molar-refractivity contribution in [1.82, 2.24) is 4.98 Å². The molecule has 0 unspecified atom stereocenters. The lowest BCUT2D eigenvalue weighted by Crippen LogP contribution is -2.09. The van der Waals surface area contributed by atoms with Gasteiger partial charge < -0.3 is 5.11 Å². The summed E-state index contributed by atoms with van der Waals surface area (Å²) in [6.07, 6.45) is -1.57. The van der Waals surface area contributed by atoms with Crippen molar-refractivity contribution in [2.45, 2.75) is 6.43 Å². The van der Waals surface area contributed by atoms with Crippen LogP contribution in [0.25, 0.3) is 0 Å². The van der Waals surface area contributed by atoms with Crippen molar-refractivity contribution in [2.75, 3.05) is 0 Å². The standard InChI is InChI=1S/C7H3F2I2NO2/c8-5(9)3-2(10)1-12-6(11)4(3)7(13)14/h1,5H,(H,13,14). The molecule has 1 heterocycles. The molecule has 76 valence electrons. The summed E-state index contributed by atoms with van der Waals surface area (Å²) in [6.45, 7) is 0. The normalized spacial score (nSPS) is 10.6. The Hall–Kier alpha value is -0.0600. The van der Waals surface area contributed by atoms with Gasteiger partial charge in [0.25, 0.3) is 6.43 Å². The lowest BCUT2D eigenvalue weighted by Gasteiger charge is -2.08. The van der Waals surface area contributed by atoms with E-state index in [1.165, 1.54) is 6.20 Å². The van der Waals surface area contributed by atoms with Crippen LogP contribution in [0.15, 0.2) is 6.20 Å². The third kappa shape index (κ3) is 2.30. The van der Waals surface area contributed by atoms with Crippen molar-refractivity contribution in [3.63, 3.8) is 0 Å². The first-order chi connectivity index (χ1) is 6.45. The Kier molecular flexibility index (Phi) is 3.98. The van der Waals surface area contributed by atoms with E-state index in [2.05, 4.69) is 4.98 Å². The van der Waals surface area contributed by atoms with Gasteiger partial charge in [-0.3, -0.25) is 0 Å². The minimum atomic E-state index is -2.80. The van der Waals surface area contributed by atoms with E-state index < -0.39 is 23.5 Å². The monoisotopic (exact) mass is 425 g/mol. The summed E-state index contributed by atoms with van der Waals surface area (Å²) in [4.78, 5) is 14.4. The third-order valence-corrected chi connectivity index (χ3v) is 3.13. The molecule has 0 aliphatic rings. The molecule has 7 heteroatoms. The second kappa shape index (κ2) is 4.64. The summed E-state index contributed by atoms with van der Waals surface area (Å²) in [7, 11) is 0. The predicted molar refractivity (Wildman–Crippen MR) is 61.6 cm³/mol. The summed E-state index contributed by atoms with van der Waals surface area (Å²) in [5.41, 5.74) is -0.870.